The van der Waals surface area contributed by atoms with Gasteiger partial charge in [-0.25, -0.2) is 9.78 Å². The fraction of sp³-hybridized carbons (Fsp3) is 0.571. The number of rotatable bonds is 6. The van der Waals surface area contributed by atoms with Gasteiger partial charge < -0.3 is 14.2 Å². The summed E-state index contributed by atoms with van der Waals surface area (Å²) >= 11 is 1.50. The molecular weight excluding hydrogens is 278 g/mol. The average Bonchev–Trinajstić information content (AvgIpc) is 2.92. The molecule has 1 saturated heterocycles. The molecule has 0 radical (unpaired) electrons. The van der Waals surface area contributed by atoms with Crippen molar-refractivity contribution in [1.82, 2.24) is 4.98 Å². The number of carbonyl (C=O) groups excluding carboxylic acids is 1. The molecule has 20 heavy (non-hydrogen) atoms. The predicted octanol–water partition coefficient (Wildman–Crippen LogP) is 2.76. The largest absolute Gasteiger partial charge is 0.463 e. The molecule has 2 heterocycles. The number of aromatic nitrogens is 1. The summed E-state index contributed by atoms with van der Waals surface area (Å²) in [6.45, 7) is 3.38. The molecule has 6 heteroatoms. The van der Waals surface area contributed by atoms with Gasteiger partial charge in [-0.05, 0) is 32.3 Å². The summed E-state index contributed by atoms with van der Waals surface area (Å²) < 4.78 is 16.0. The Bertz CT molecular complexity index is 452. The zero-order chi connectivity index (χ0) is 14.2. The smallest absolute Gasteiger partial charge is 0.330 e. The fourth-order valence-corrected chi connectivity index (χ4v) is 2.56. The molecule has 1 aromatic heterocycles. The van der Waals surface area contributed by atoms with Gasteiger partial charge in [0, 0.05) is 23.8 Å². The zero-order valence-corrected chi connectivity index (χ0v) is 12.4. The van der Waals surface area contributed by atoms with E-state index in [1.54, 1.807) is 19.2 Å². The molecule has 0 bridgehead atoms. The molecule has 1 fully saturated rings. The van der Waals surface area contributed by atoms with Gasteiger partial charge in [-0.15, -0.1) is 11.3 Å². The molecule has 1 aliphatic rings. The molecule has 1 aliphatic heterocycles. The van der Waals surface area contributed by atoms with Crippen molar-refractivity contribution in [1.29, 1.82) is 0 Å². The average molecular weight is 297 g/mol. The second-order valence-electron chi connectivity index (χ2n) is 4.35. The maximum absolute atomic E-state index is 11.2. The molecule has 0 saturated carbocycles. The number of hydrogen-bond donors (Lipinski definition) is 0. The molecule has 0 aromatic carbocycles. The minimum Gasteiger partial charge on any atom is -0.463 e. The molecule has 0 spiro atoms. The van der Waals surface area contributed by atoms with E-state index in [0.717, 1.165) is 35.8 Å². The second kappa shape index (κ2) is 8.14. The van der Waals surface area contributed by atoms with Gasteiger partial charge in [-0.1, -0.05) is 0 Å². The highest BCUT2D eigenvalue weighted by atomic mass is 32.1. The summed E-state index contributed by atoms with van der Waals surface area (Å²) in [5.41, 5.74) is 0. The summed E-state index contributed by atoms with van der Waals surface area (Å²) in [4.78, 5) is 16.4. The topological polar surface area (TPSA) is 57.7 Å². The van der Waals surface area contributed by atoms with E-state index in [2.05, 4.69) is 4.98 Å². The third-order valence-corrected chi connectivity index (χ3v) is 3.71. The lowest BCUT2D eigenvalue weighted by Gasteiger charge is -2.22. The zero-order valence-electron chi connectivity index (χ0n) is 11.5. The van der Waals surface area contributed by atoms with Crippen molar-refractivity contribution in [3.8, 4) is 0 Å². The fourth-order valence-electron chi connectivity index (χ4n) is 1.82. The standard InChI is InChI=1S/C14H19NO4S/c1-2-17-13(16)7-6-11-9-15-12(20-11)10-19-14-5-3-4-8-18-14/h6-7,9,14H,2-5,8,10H2,1H3/b7-6+. The first kappa shape index (κ1) is 15.2. The number of thiazole rings is 1. The molecule has 1 atom stereocenters. The summed E-state index contributed by atoms with van der Waals surface area (Å²) in [5, 5.41) is 0.877. The number of carbonyl (C=O) groups is 1. The van der Waals surface area contributed by atoms with Crippen LogP contribution in [0, 0.1) is 0 Å². The van der Waals surface area contributed by atoms with Crippen molar-refractivity contribution in [2.45, 2.75) is 39.1 Å². The van der Waals surface area contributed by atoms with E-state index in [1.807, 2.05) is 0 Å². The molecule has 110 valence electrons. The Kier molecular flexibility index (Phi) is 6.17. The van der Waals surface area contributed by atoms with Crippen LogP contribution >= 0.6 is 11.3 Å². The van der Waals surface area contributed by atoms with Gasteiger partial charge in [-0.3, -0.25) is 0 Å². The lowest BCUT2D eigenvalue weighted by molar-refractivity contribution is -0.168. The number of hydrogen-bond acceptors (Lipinski definition) is 6. The molecule has 2 rings (SSSR count). The van der Waals surface area contributed by atoms with Crippen LogP contribution in [-0.4, -0.2) is 30.5 Å². The van der Waals surface area contributed by atoms with Crippen molar-refractivity contribution in [3.05, 3.63) is 22.2 Å². The van der Waals surface area contributed by atoms with Crippen molar-refractivity contribution in [2.75, 3.05) is 13.2 Å². The molecule has 5 nitrogen and oxygen atoms in total. The Morgan fingerprint density at radius 2 is 2.50 bits per heavy atom. The molecule has 0 aliphatic carbocycles. The molecule has 1 aromatic rings. The monoisotopic (exact) mass is 297 g/mol. The van der Waals surface area contributed by atoms with E-state index in [1.165, 1.54) is 17.4 Å². The van der Waals surface area contributed by atoms with E-state index in [0.29, 0.717) is 13.2 Å². The Morgan fingerprint density at radius 3 is 3.25 bits per heavy atom. The van der Waals surface area contributed by atoms with Gasteiger partial charge in [-0.2, -0.15) is 0 Å². The molecular formula is C14H19NO4S. The van der Waals surface area contributed by atoms with Crippen molar-refractivity contribution < 1.29 is 19.0 Å². The molecule has 1 unspecified atom stereocenters. The van der Waals surface area contributed by atoms with Gasteiger partial charge in [0.15, 0.2) is 6.29 Å². The predicted molar refractivity (Wildman–Crippen MR) is 76.2 cm³/mol. The Balaban J connectivity index is 1.78. The minimum absolute atomic E-state index is 0.105. The van der Waals surface area contributed by atoms with Crippen LogP contribution in [-0.2, 0) is 25.6 Å². The third kappa shape index (κ3) is 5.03. The number of esters is 1. The highest BCUT2D eigenvalue weighted by Gasteiger charge is 2.14. The van der Waals surface area contributed by atoms with E-state index >= 15 is 0 Å². The van der Waals surface area contributed by atoms with Crippen LogP contribution in [0.15, 0.2) is 12.3 Å². The van der Waals surface area contributed by atoms with Crippen molar-refractivity contribution in [3.63, 3.8) is 0 Å². The first-order chi connectivity index (χ1) is 9.78. The SMILES string of the molecule is CCOC(=O)/C=C/c1cnc(COC2CCCCO2)s1. The summed E-state index contributed by atoms with van der Waals surface area (Å²) in [5.74, 6) is -0.339. The van der Waals surface area contributed by atoms with Gasteiger partial charge in [0.25, 0.3) is 0 Å². The van der Waals surface area contributed by atoms with Crippen LogP contribution in [0.1, 0.15) is 36.1 Å². The van der Waals surface area contributed by atoms with Crippen LogP contribution in [0.25, 0.3) is 6.08 Å². The van der Waals surface area contributed by atoms with E-state index < -0.39 is 0 Å². The quantitative estimate of drug-likeness (QED) is 0.597. The minimum atomic E-state index is -0.339. The van der Waals surface area contributed by atoms with Crippen LogP contribution in [0.4, 0.5) is 0 Å². The van der Waals surface area contributed by atoms with Gasteiger partial charge >= 0.3 is 5.97 Å². The Labute approximate surface area is 122 Å². The van der Waals surface area contributed by atoms with Crippen LogP contribution in [0.3, 0.4) is 0 Å². The van der Waals surface area contributed by atoms with Crippen LogP contribution in [0.2, 0.25) is 0 Å². The van der Waals surface area contributed by atoms with E-state index in [9.17, 15) is 4.79 Å². The first-order valence-corrected chi connectivity index (χ1v) is 7.62. The normalized spacial score (nSPS) is 19.4. The van der Waals surface area contributed by atoms with Crippen LogP contribution in [0.5, 0.6) is 0 Å². The van der Waals surface area contributed by atoms with Crippen molar-refractivity contribution >= 4 is 23.4 Å². The maximum Gasteiger partial charge on any atom is 0.330 e. The third-order valence-electron chi connectivity index (χ3n) is 2.77. The highest BCUT2D eigenvalue weighted by molar-refractivity contribution is 7.12. The summed E-state index contributed by atoms with van der Waals surface area (Å²) in [7, 11) is 0. The van der Waals surface area contributed by atoms with E-state index in [4.69, 9.17) is 14.2 Å². The molecule has 0 amide bonds. The highest BCUT2D eigenvalue weighted by Crippen LogP contribution is 2.19. The Morgan fingerprint density at radius 1 is 1.60 bits per heavy atom. The maximum atomic E-state index is 11.2. The molecule has 0 N–H and O–H groups in total. The van der Waals surface area contributed by atoms with Gasteiger partial charge in [0.05, 0.1) is 6.61 Å². The summed E-state index contributed by atoms with van der Waals surface area (Å²) in [6.07, 6.45) is 7.94. The summed E-state index contributed by atoms with van der Waals surface area (Å²) in [6, 6.07) is 0. The lowest BCUT2D eigenvalue weighted by Crippen LogP contribution is -2.21. The van der Waals surface area contributed by atoms with Crippen LogP contribution < -0.4 is 0 Å². The first-order valence-electron chi connectivity index (χ1n) is 6.80. The Hall–Kier alpha value is -1.24. The van der Waals surface area contributed by atoms with Gasteiger partial charge in [0.2, 0.25) is 0 Å². The number of nitrogens with zero attached hydrogens (tertiary/aromatic N) is 1. The number of ether oxygens (including phenoxy) is 3. The van der Waals surface area contributed by atoms with E-state index in [-0.39, 0.29) is 12.3 Å². The lowest BCUT2D eigenvalue weighted by atomic mass is 10.2. The van der Waals surface area contributed by atoms with Gasteiger partial charge in [0.1, 0.15) is 11.6 Å². The second-order valence-corrected chi connectivity index (χ2v) is 5.50. The van der Waals surface area contributed by atoms with Crippen molar-refractivity contribution in [2.24, 2.45) is 0 Å².